The Morgan fingerprint density at radius 3 is 2.58 bits per heavy atom. The molecule has 1 saturated heterocycles. The normalized spacial score (nSPS) is 19.4. The summed E-state index contributed by atoms with van der Waals surface area (Å²) in [6.07, 6.45) is 3.08. The number of hydrogen-bond donors (Lipinski definition) is 2. The molecule has 2 atom stereocenters. The van der Waals surface area contributed by atoms with E-state index in [0.29, 0.717) is 25.3 Å². The van der Waals surface area contributed by atoms with E-state index in [1.165, 1.54) is 0 Å². The minimum atomic E-state index is -0.401. The summed E-state index contributed by atoms with van der Waals surface area (Å²) in [7, 11) is 0. The molecule has 1 aliphatic rings. The van der Waals surface area contributed by atoms with Crippen LogP contribution in [0, 0.1) is 5.92 Å². The van der Waals surface area contributed by atoms with Gasteiger partial charge in [0, 0.05) is 19.0 Å². The summed E-state index contributed by atoms with van der Waals surface area (Å²) in [6.45, 7) is 6.42. The molecule has 5 heteroatoms. The van der Waals surface area contributed by atoms with Crippen LogP contribution in [0.1, 0.15) is 46.5 Å². The van der Waals surface area contributed by atoms with Gasteiger partial charge < -0.3 is 15.3 Å². The average Bonchev–Trinajstić information content (AvgIpc) is 2.36. The number of piperidine rings is 1. The van der Waals surface area contributed by atoms with Gasteiger partial charge in [-0.25, -0.2) is 0 Å². The zero-order valence-electron chi connectivity index (χ0n) is 12.2. The van der Waals surface area contributed by atoms with E-state index in [4.69, 9.17) is 5.11 Å². The predicted molar refractivity (Wildman–Crippen MR) is 73.5 cm³/mol. The van der Waals surface area contributed by atoms with Crippen LogP contribution < -0.4 is 5.32 Å². The molecule has 1 fully saturated rings. The second kappa shape index (κ2) is 7.48. The fourth-order valence-corrected chi connectivity index (χ4v) is 2.36. The van der Waals surface area contributed by atoms with Crippen LogP contribution in [0.25, 0.3) is 0 Å². The van der Waals surface area contributed by atoms with Gasteiger partial charge in [-0.05, 0) is 32.1 Å². The van der Waals surface area contributed by atoms with E-state index in [9.17, 15) is 9.59 Å². The average molecular weight is 270 g/mol. The van der Waals surface area contributed by atoms with E-state index in [1.807, 2.05) is 13.8 Å². The van der Waals surface area contributed by atoms with Crippen LogP contribution in [-0.2, 0) is 9.59 Å². The second-order valence-electron chi connectivity index (χ2n) is 5.78. The molecule has 1 aliphatic heterocycles. The zero-order chi connectivity index (χ0) is 14.4. The molecule has 0 aromatic rings. The summed E-state index contributed by atoms with van der Waals surface area (Å²) in [4.78, 5) is 26.0. The molecule has 0 saturated carbocycles. The summed E-state index contributed by atoms with van der Waals surface area (Å²) in [5.41, 5.74) is 0. The molecule has 0 bridgehead atoms. The minimum Gasteiger partial charge on any atom is -0.394 e. The Labute approximate surface area is 115 Å². The quantitative estimate of drug-likeness (QED) is 0.754. The third-order valence-corrected chi connectivity index (χ3v) is 3.40. The molecule has 2 N–H and O–H groups in total. The Bertz CT molecular complexity index is 318. The number of aliphatic hydroxyl groups is 1. The lowest BCUT2D eigenvalue weighted by atomic mass is 9.98. The first kappa shape index (κ1) is 16.0. The number of hydrogen-bond acceptors (Lipinski definition) is 3. The van der Waals surface area contributed by atoms with Crippen LogP contribution in [0.4, 0.5) is 0 Å². The van der Waals surface area contributed by atoms with Gasteiger partial charge >= 0.3 is 0 Å². The van der Waals surface area contributed by atoms with Crippen molar-refractivity contribution in [2.75, 3.05) is 13.2 Å². The van der Waals surface area contributed by atoms with Crippen molar-refractivity contribution in [3.63, 3.8) is 0 Å². The lowest BCUT2D eigenvalue weighted by molar-refractivity contribution is -0.143. The van der Waals surface area contributed by atoms with Gasteiger partial charge in [0.05, 0.1) is 6.61 Å². The van der Waals surface area contributed by atoms with Crippen molar-refractivity contribution in [3.8, 4) is 0 Å². The zero-order valence-corrected chi connectivity index (χ0v) is 12.2. The maximum Gasteiger partial charge on any atom is 0.243 e. The van der Waals surface area contributed by atoms with Crippen LogP contribution in [-0.4, -0.2) is 47.1 Å². The standard InChI is InChI=1S/C14H26N2O3/c1-10(2)8-12(14(19)15-11(3)9-17)16-7-5-4-6-13(16)18/h10-12,17H,4-9H2,1-3H3,(H,15,19). The Morgan fingerprint density at radius 1 is 1.37 bits per heavy atom. The highest BCUT2D eigenvalue weighted by atomic mass is 16.3. The van der Waals surface area contributed by atoms with Crippen molar-refractivity contribution < 1.29 is 14.7 Å². The smallest absolute Gasteiger partial charge is 0.243 e. The van der Waals surface area contributed by atoms with E-state index in [2.05, 4.69) is 5.32 Å². The SMILES string of the molecule is CC(C)CC(C(=O)NC(C)CO)N1CCCCC1=O. The molecule has 0 aliphatic carbocycles. The van der Waals surface area contributed by atoms with Crippen LogP contribution in [0.5, 0.6) is 0 Å². The number of carbonyl (C=O) groups is 2. The molecular formula is C14H26N2O3. The predicted octanol–water partition coefficient (Wildman–Crippen LogP) is 0.911. The topological polar surface area (TPSA) is 69.6 Å². The number of likely N-dealkylation sites (tertiary alicyclic amines) is 1. The molecule has 0 radical (unpaired) electrons. The van der Waals surface area contributed by atoms with Gasteiger partial charge in [0.25, 0.3) is 0 Å². The number of nitrogens with one attached hydrogen (secondary N) is 1. The number of aliphatic hydroxyl groups excluding tert-OH is 1. The summed E-state index contributed by atoms with van der Waals surface area (Å²) in [5, 5.41) is 11.8. The highest BCUT2D eigenvalue weighted by molar-refractivity contribution is 5.88. The molecule has 19 heavy (non-hydrogen) atoms. The Morgan fingerprint density at radius 2 is 2.05 bits per heavy atom. The lowest BCUT2D eigenvalue weighted by Crippen LogP contribution is -2.53. The van der Waals surface area contributed by atoms with E-state index in [1.54, 1.807) is 11.8 Å². The van der Waals surface area contributed by atoms with Gasteiger partial charge in [-0.2, -0.15) is 0 Å². The molecule has 1 heterocycles. The second-order valence-corrected chi connectivity index (χ2v) is 5.78. The van der Waals surface area contributed by atoms with E-state index >= 15 is 0 Å². The fourth-order valence-electron chi connectivity index (χ4n) is 2.36. The van der Waals surface area contributed by atoms with E-state index < -0.39 is 6.04 Å². The molecule has 2 unspecified atom stereocenters. The number of amides is 2. The maximum absolute atomic E-state index is 12.3. The summed E-state index contributed by atoms with van der Waals surface area (Å²) in [5.74, 6) is 0.268. The van der Waals surface area contributed by atoms with Crippen molar-refractivity contribution in [3.05, 3.63) is 0 Å². The van der Waals surface area contributed by atoms with Crippen molar-refractivity contribution in [1.82, 2.24) is 10.2 Å². The maximum atomic E-state index is 12.3. The van der Waals surface area contributed by atoms with E-state index in [0.717, 1.165) is 12.8 Å². The molecule has 2 amide bonds. The van der Waals surface area contributed by atoms with Gasteiger partial charge in [-0.1, -0.05) is 13.8 Å². The number of carbonyl (C=O) groups excluding carboxylic acids is 2. The molecule has 5 nitrogen and oxygen atoms in total. The number of nitrogens with zero attached hydrogens (tertiary/aromatic N) is 1. The molecule has 110 valence electrons. The van der Waals surface area contributed by atoms with Crippen molar-refractivity contribution in [2.24, 2.45) is 5.92 Å². The van der Waals surface area contributed by atoms with Gasteiger partial charge in [-0.3, -0.25) is 9.59 Å². The third-order valence-electron chi connectivity index (χ3n) is 3.40. The third kappa shape index (κ3) is 4.82. The number of rotatable bonds is 6. The van der Waals surface area contributed by atoms with Crippen molar-refractivity contribution in [1.29, 1.82) is 0 Å². The summed E-state index contributed by atoms with van der Waals surface area (Å²) >= 11 is 0. The molecule has 0 spiro atoms. The van der Waals surface area contributed by atoms with Gasteiger partial charge in [-0.15, -0.1) is 0 Å². The van der Waals surface area contributed by atoms with Crippen molar-refractivity contribution >= 4 is 11.8 Å². The van der Waals surface area contributed by atoms with Gasteiger partial charge in [0.2, 0.25) is 11.8 Å². The first-order valence-electron chi connectivity index (χ1n) is 7.16. The largest absolute Gasteiger partial charge is 0.394 e. The Balaban J connectivity index is 2.75. The summed E-state index contributed by atoms with van der Waals surface area (Å²) < 4.78 is 0. The minimum absolute atomic E-state index is 0.0729. The van der Waals surface area contributed by atoms with Crippen LogP contribution in [0.2, 0.25) is 0 Å². The molecule has 0 aromatic carbocycles. The van der Waals surface area contributed by atoms with Crippen molar-refractivity contribution in [2.45, 2.75) is 58.5 Å². The summed E-state index contributed by atoms with van der Waals surface area (Å²) in [6, 6.07) is -0.677. The first-order valence-corrected chi connectivity index (χ1v) is 7.16. The van der Waals surface area contributed by atoms with Crippen LogP contribution in [0.3, 0.4) is 0 Å². The Hall–Kier alpha value is -1.10. The van der Waals surface area contributed by atoms with Crippen LogP contribution in [0.15, 0.2) is 0 Å². The fraction of sp³-hybridized carbons (Fsp3) is 0.857. The van der Waals surface area contributed by atoms with Gasteiger partial charge in [0.15, 0.2) is 0 Å². The van der Waals surface area contributed by atoms with Gasteiger partial charge in [0.1, 0.15) is 6.04 Å². The van der Waals surface area contributed by atoms with Crippen LogP contribution >= 0.6 is 0 Å². The molecule has 1 rings (SSSR count). The monoisotopic (exact) mass is 270 g/mol. The van der Waals surface area contributed by atoms with E-state index in [-0.39, 0.29) is 24.5 Å². The first-order chi connectivity index (χ1) is 8.95. The highest BCUT2D eigenvalue weighted by Crippen LogP contribution is 2.19. The highest BCUT2D eigenvalue weighted by Gasteiger charge is 2.32. The molecular weight excluding hydrogens is 244 g/mol. The Kier molecular flexibility index (Phi) is 6.28. The lowest BCUT2D eigenvalue weighted by Gasteiger charge is -2.35. The molecule has 0 aromatic heterocycles.